The lowest BCUT2D eigenvalue weighted by Gasteiger charge is -2.20. The molecule has 0 aliphatic carbocycles. The van der Waals surface area contributed by atoms with E-state index in [1.807, 2.05) is 6.92 Å². The van der Waals surface area contributed by atoms with Crippen molar-refractivity contribution in [2.24, 2.45) is 0 Å². The van der Waals surface area contributed by atoms with Crippen LogP contribution in [0.25, 0.3) is 0 Å². The van der Waals surface area contributed by atoms with E-state index in [0.29, 0.717) is 30.3 Å². The maximum absolute atomic E-state index is 12.3. The van der Waals surface area contributed by atoms with Crippen LogP contribution >= 0.6 is 27.5 Å². The largest absolute Gasteiger partial charge is 0.243 e. The quantitative estimate of drug-likeness (QED) is 0.746. The smallest absolute Gasteiger partial charge is 0.207 e. The van der Waals surface area contributed by atoms with E-state index in [4.69, 9.17) is 11.6 Å². The number of halogens is 2. The topological polar surface area (TPSA) is 37.4 Å². The van der Waals surface area contributed by atoms with Crippen LogP contribution < -0.4 is 0 Å². The molecule has 0 aliphatic heterocycles. The lowest BCUT2D eigenvalue weighted by molar-refractivity contribution is 0.428. The molecule has 17 heavy (non-hydrogen) atoms. The van der Waals surface area contributed by atoms with Gasteiger partial charge in [0.2, 0.25) is 10.0 Å². The Kier molecular flexibility index (Phi) is 5.92. The van der Waals surface area contributed by atoms with Crippen molar-refractivity contribution in [2.75, 3.05) is 19.0 Å². The summed E-state index contributed by atoms with van der Waals surface area (Å²) in [5.41, 5.74) is 0. The van der Waals surface area contributed by atoms with Crippen LogP contribution in [0.5, 0.6) is 0 Å². The van der Waals surface area contributed by atoms with E-state index in [2.05, 4.69) is 15.9 Å². The highest BCUT2D eigenvalue weighted by molar-refractivity contribution is 9.10. The third-order valence-corrected chi connectivity index (χ3v) is 5.06. The van der Waals surface area contributed by atoms with Crippen LogP contribution in [0.3, 0.4) is 0 Å². The number of hydrogen-bond donors (Lipinski definition) is 0. The lowest BCUT2D eigenvalue weighted by Crippen LogP contribution is -2.32. The Bertz CT molecular complexity index is 464. The van der Waals surface area contributed by atoms with Gasteiger partial charge in [-0.3, -0.25) is 0 Å². The second-order valence-electron chi connectivity index (χ2n) is 3.50. The van der Waals surface area contributed by atoms with Crippen molar-refractivity contribution in [1.29, 1.82) is 0 Å². The molecule has 0 aromatic heterocycles. The van der Waals surface area contributed by atoms with Crippen LogP contribution in [0.4, 0.5) is 0 Å². The van der Waals surface area contributed by atoms with Gasteiger partial charge in [-0.15, -0.1) is 11.6 Å². The van der Waals surface area contributed by atoms with Crippen molar-refractivity contribution in [1.82, 2.24) is 4.31 Å². The summed E-state index contributed by atoms with van der Waals surface area (Å²) in [5.74, 6) is 0.463. The SMILES string of the molecule is CCN(CCCCl)S(=O)(=O)c1cccc(Br)c1. The summed E-state index contributed by atoms with van der Waals surface area (Å²) in [6, 6.07) is 6.72. The van der Waals surface area contributed by atoms with Crippen LogP contribution in [0.2, 0.25) is 0 Å². The standard InChI is InChI=1S/C11H15BrClNO2S/c1-2-14(8-4-7-13)17(15,16)11-6-3-5-10(12)9-11/h3,5-6,9H,2,4,7-8H2,1H3. The first-order valence-corrected chi connectivity index (χ1v) is 8.10. The van der Waals surface area contributed by atoms with Gasteiger partial charge in [-0.25, -0.2) is 8.42 Å². The number of hydrogen-bond acceptors (Lipinski definition) is 2. The van der Waals surface area contributed by atoms with Gasteiger partial charge in [-0.05, 0) is 24.6 Å². The minimum absolute atomic E-state index is 0.309. The lowest BCUT2D eigenvalue weighted by atomic mass is 10.4. The average Bonchev–Trinajstić information content (AvgIpc) is 2.30. The van der Waals surface area contributed by atoms with Crippen molar-refractivity contribution in [2.45, 2.75) is 18.2 Å². The van der Waals surface area contributed by atoms with Crippen molar-refractivity contribution in [3.8, 4) is 0 Å². The van der Waals surface area contributed by atoms with E-state index in [1.54, 1.807) is 24.3 Å². The van der Waals surface area contributed by atoms with Crippen LogP contribution in [0.1, 0.15) is 13.3 Å². The van der Waals surface area contributed by atoms with Crippen LogP contribution in [0.15, 0.2) is 33.6 Å². The molecule has 0 N–H and O–H groups in total. The molecule has 1 aromatic carbocycles. The van der Waals surface area contributed by atoms with Gasteiger partial charge in [-0.2, -0.15) is 4.31 Å². The molecule has 0 saturated carbocycles. The van der Waals surface area contributed by atoms with Gasteiger partial charge >= 0.3 is 0 Å². The summed E-state index contributed by atoms with van der Waals surface area (Å²) in [6.45, 7) is 2.73. The Labute approximate surface area is 116 Å². The minimum Gasteiger partial charge on any atom is -0.207 e. The van der Waals surface area contributed by atoms with E-state index < -0.39 is 10.0 Å². The van der Waals surface area contributed by atoms with Gasteiger partial charge in [0.1, 0.15) is 0 Å². The number of sulfonamides is 1. The minimum atomic E-state index is -3.40. The van der Waals surface area contributed by atoms with E-state index >= 15 is 0 Å². The predicted molar refractivity (Wildman–Crippen MR) is 73.9 cm³/mol. The zero-order valence-electron chi connectivity index (χ0n) is 9.57. The van der Waals surface area contributed by atoms with E-state index in [1.165, 1.54) is 4.31 Å². The molecule has 0 aliphatic rings. The fourth-order valence-corrected chi connectivity index (χ4v) is 3.67. The average molecular weight is 341 g/mol. The molecule has 0 amide bonds. The van der Waals surface area contributed by atoms with E-state index in [9.17, 15) is 8.42 Å². The number of rotatable bonds is 6. The van der Waals surface area contributed by atoms with E-state index in [0.717, 1.165) is 4.47 Å². The summed E-state index contributed by atoms with van der Waals surface area (Å²) in [5, 5.41) is 0. The predicted octanol–water partition coefficient (Wildman–Crippen LogP) is 3.09. The van der Waals surface area contributed by atoms with Gasteiger partial charge in [0.25, 0.3) is 0 Å². The Morgan fingerprint density at radius 3 is 2.65 bits per heavy atom. The normalized spacial score (nSPS) is 12.0. The fraction of sp³-hybridized carbons (Fsp3) is 0.455. The molecule has 1 aromatic rings. The maximum Gasteiger partial charge on any atom is 0.243 e. The molecule has 0 saturated heterocycles. The van der Waals surface area contributed by atoms with Crippen LogP contribution in [0, 0.1) is 0 Å². The van der Waals surface area contributed by atoms with Crippen molar-refractivity contribution in [3.05, 3.63) is 28.7 Å². The summed E-state index contributed by atoms with van der Waals surface area (Å²) in [7, 11) is -3.40. The fourth-order valence-electron chi connectivity index (χ4n) is 1.46. The third-order valence-electron chi connectivity index (χ3n) is 2.33. The molecule has 96 valence electrons. The molecule has 3 nitrogen and oxygen atoms in total. The highest BCUT2D eigenvalue weighted by atomic mass is 79.9. The molecule has 0 fully saturated rings. The summed E-state index contributed by atoms with van der Waals surface area (Å²) < 4.78 is 26.8. The highest BCUT2D eigenvalue weighted by Gasteiger charge is 2.22. The van der Waals surface area contributed by atoms with Crippen LogP contribution in [-0.2, 0) is 10.0 Å². The molecule has 0 radical (unpaired) electrons. The third kappa shape index (κ3) is 3.95. The zero-order chi connectivity index (χ0) is 12.9. The monoisotopic (exact) mass is 339 g/mol. The molecule has 0 spiro atoms. The van der Waals surface area contributed by atoms with Crippen molar-refractivity contribution < 1.29 is 8.42 Å². The highest BCUT2D eigenvalue weighted by Crippen LogP contribution is 2.20. The van der Waals surface area contributed by atoms with Gasteiger partial charge in [0.15, 0.2) is 0 Å². The molecule has 0 unspecified atom stereocenters. The Morgan fingerprint density at radius 2 is 2.12 bits per heavy atom. The number of benzene rings is 1. The van der Waals surface area contributed by atoms with Crippen molar-refractivity contribution in [3.63, 3.8) is 0 Å². The van der Waals surface area contributed by atoms with Gasteiger partial charge < -0.3 is 0 Å². The Morgan fingerprint density at radius 1 is 1.41 bits per heavy atom. The molecule has 6 heteroatoms. The van der Waals surface area contributed by atoms with Gasteiger partial charge in [0, 0.05) is 23.4 Å². The maximum atomic E-state index is 12.3. The van der Waals surface area contributed by atoms with Gasteiger partial charge in [0.05, 0.1) is 4.90 Å². The molecule has 0 heterocycles. The molecule has 0 bridgehead atoms. The first kappa shape index (κ1) is 15.0. The Hall–Kier alpha value is -0.100. The van der Waals surface area contributed by atoms with Gasteiger partial charge in [-0.1, -0.05) is 28.9 Å². The second kappa shape index (κ2) is 6.73. The Balaban J connectivity index is 3.00. The van der Waals surface area contributed by atoms with Crippen molar-refractivity contribution >= 4 is 37.6 Å². The first-order valence-electron chi connectivity index (χ1n) is 5.34. The first-order chi connectivity index (χ1) is 8.02. The van der Waals surface area contributed by atoms with E-state index in [-0.39, 0.29) is 0 Å². The summed E-state index contributed by atoms with van der Waals surface area (Å²) in [4.78, 5) is 0.309. The summed E-state index contributed by atoms with van der Waals surface area (Å²) in [6.07, 6.45) is 0.655. The molecular weight excluding hydrogens is 326 g/mol. The van der Waals surface area contributed by atoms with Crippen LogP contribution in [-0.4, -0.2) is 31.7 Å². The zero-order valence-corrected chi connectivity index (χ0v) is 12.7. The number of alkyl halides is 1. The summed E-state index contributed by atoms with van der Waals surface area (Å²) >= 11 is 8.87. The second-order valence-corrected chi connectivity index (χ2v) is 6.73. The number of nitrogens with zero attached hydrogens (tertiary/aromatic N) is 1. The molecule has 1 rings (SSSR count). The molecular formula is C11H15BrClNO2S. The molecule has 0 atom stereocenters.